The van der Waals surface area contributed by atoms with E-state index in [9.17, 15) is 4.79 Å². The van der Waals surface area contributed by atoms with Gasteiger partial charge in [0.05, 0.1) is 5.39 Å². The Labute approximate surface area is 178 Å². The summed E-state index contributed by atoms with van der Waals surface area (Å²) in [6.45, 7) is 1.90. The Morgan fingerprint density at radius 1 is 1.00 bits per heavy atom. The zero-order valence-electron chi connectivity index (χ0n) is 17.4. The number of H-pyrrole nitrogens is 1. The number of fused-ring (bicyclic) bond motifs is 4. The summed E-state index contributed by atoms with van der Waals surface area (Å²) in [5, 5.41) is 3.06. The van der Waals surface area contributed by atoms with Crippen LogP contribution in [0.15, 0.2) is 53.3 Å². The normalized spacial score (nSPS) is 14.9. The molecule has 6 nitrogen and oxygen atoms in total. The van der Waals surface area contributed by atoms with Crippen LogP contribution in [0.5, 0.6) is 0 Å². The lowest BCUT2D eigenvalue weighted by molar-refractivity contribution is 0.515. The molecule has 1 aliphatic carbocycles. The van der Waals surface area contributed by atoms with Gasteiger partial charge in [-0.25, -0.2) is 9.97 Å². The highest BCUT2D eigenvalue weighted by Gasteiger charge is 2.23. The van der Waals surface area contributed by atoms with Crippen LogP contribution in [0.3, 0.4) is 0 Å². The van der Waals surface area contributed by atoms with Gasteiger partial charge in [-0.1, -0.05) is 31.0 Å². The summed E-state index contributed by atoms with van der Waals surface area (Å²) in [4.78, 5) is 25.9. The molecule has 3 N–H and O–H groups in total. The van der Waals surface area contributed by atoms with Gasteiger partial charge in [-0.05, 0) is 49.6 Å². The third-order valence-corrected chi connectivity index (χ3v) is 6.57. The number of aryl methyl sites for hydroxylation is 1. The lowest BCUT2D eigenvalue weighted by Gasteiger charge is -2.18. The van der Waals surface area contributed by atoms with Gasteiger partial charge in [-0.3, -0.25) is 9.36 Å². The summed E-state index contributed by atoms with van der Waals surface area (Å²) in [6.07, 6.45) is 4.27. The third kappa shape index (κ3) is 2.75. The quantitative estimate of drug-likeness (QED) is 0.424. The van der Waals surface area contributed by atoms with Gasteiger partial charge in [-0.2, -0.15) is 0 Å². The van der Waals surface area contributed by atoms with Gasteiger partial charge in [0.1, 0.15) is 11.5 Å². The number of anilines is 1. The monoisotopic (exact) mass is 409 g/mol. The van der Waals surface area contributed by atoms with Crippen molar-refractivity contribution in [3.8, 4) is 11.4 Å². The smallest absolute Gasteiger partial charge is 0.252 e. The van der Waals surface area contributed by atoms with E-state index in [-0.39, 0.29) is 11.6 Å². The number of nitrogens with two attached hydrogens (primary N) is 1. The number of nitrogens with zero attached hydrogens (tertiary/aromatic N) is 3. The number of aromatic amines is 1. The van der Waals surface area contributed by atoms with Crippen molar-refractivity contribution in [3.63, 3.8) is 0 Å². The maximum atomic E-state index is 12.9. The Balaban J connectivity index is 1.62. The fraction of sp³-hybridized carbons (Fsp3) is 0.240. The molecule has 0 bridgehead atoms. The average molecular weight is 409 g/mol. The van der Waals surface area contributed by atoms with Crippen LogP contribution in [0.2, 0.25) is 0 Å². The molecule has 154 valence electrons. The van der Waals surface area contributed by atoms with Crippen LogP contribution >= 0.6 is 0 Å². The second-order valence-corrected chi connectivity index (χ2v) is 8.54. The number of para-hydroxylation sites is 1. The van der Waals surface area contributed by atoms with Crippen molar-refractivity contribution >= 4 is 38.7 Å². The first-order valence-corrected chi connectivity index (χ1v) is 10.8. The second kappa shape index (κ2) is 6.67. The molecule has 3 heterocycles. The van der Waals surface area contributed by atoms with Gasteiger partial charge < -0.3 is 10.7 Å². The molecule has 1 saturated carbocycles. The van der Waals surface area contributed by atoms with E-state index < -0.39 is 0 Å². The highest BCUT2D eigenvalue weighted by Crippen LogP contribution is 2.34. The predicted molar refractivity (Wildman–Crippen MR) is 125 cm³/mol. The van der Waals surface area contributed by atoms with Gasteiger partial charge in [0.25, 0.3) is 5.56 Å². The van der Waals surface area contributed by atoms with Crippen LogP contribution in [-0.2, 0) is 0 Å². The first-order chi connectivity index (χ1) is 15.1. The molecular weight excluding hydrogens is 386 g/mol. The highest BCUT2D eigenvalue weighted by molar-refractivity contribution is 6.08. The summed E-state index contributed by atoms with van der Waals surface area (Å²) in [6, 6.07) is 16.2. The molecule has 2 aromatic carbocycles. The van der Waals surface area contributed by atoms with Gasteiger partial charge in [-0.15, -0.1) is 0 Å². The molecule has 0 spiro atoms. The minimum absolute atomic E-state index is 0.00645. The Bertz CT molecular complexity index is 1540. The molecule has 0 saturated heterocycles. The van der Waals surface area contributed by atoms with E-state index in [0.29, 0.717) is 17.3 Å². The number of nitrogens with one attached hydrogen (secondary N) is 1. The van der Waals surface area contributed by atoms with Crippen molar-refractivity contribution in [2.75, 3.05) is 5.73 Å². The summed E-state index contributed by atoms with van der Waals surface area (Å²) < 4.78 is 1.85. The van der Waals surface area contributed by atoms with Crippen LogP contribution in [0, 0.1) is 6.92 Å². The number of aromatic nitrogens is 4. The van der Waals surface area contributed by atoms with Crippen molar-refractivity contribution in [2.45, 2.75) is 38.6 Å². The van der Waals surface area contributed by atoms with Crippen LogP contribution in [0.4, 0.5) is 5.82 Å². The van der Waals surface area contributed by atoms with E-state index in [4.69, 9.17) is 10.7 Å². The second-order valence-electron chi connectivity index (χ2n) is 8.54. The first-order valence-electron chi connectivity index (χ1n) is 10.8. The van der Waals surface area contributed by atoms with Crippen LogP contribution < -0.4 is 11.3 Å². The molecule has 1 fully saturated rings. The summed E-state index contributed by atoms with van der Waals surface area (Å²) >= 11 is 0. The maximum absolute atomic E-state index is 12.9. The maximum Gasteiger partial charge on any atom is 0.252 e. The van der Waals surface area contributed by atoms with Crippen LogP contribution in [-0.4, -0.2) is 19.5 Å². The summed E-state index contributed by atoms with van der Waals surface area (Å²) in [5.41, 5.74) is 10.9. The Hall–Kier alpha value is -3.67. The fourth-order valence-corrected chi connectivity index (χ4v) is 5.08. The summed E-state index contributed by atoms with van der Waals surface area (Å²) in [5.74, 6) is 0.970. The number of benzene rings is 2. The number of hydrogen-bond acceptors (Lipinski definition) is 4. The van der Waals surface area contributed by atoms with E-state index >= 15 is 0 Å². The number of hydrogen-bond donors (Lipinski definition) is 2. The van der Waals surface area contributed by atoms with Crippen LogP contribution in [0.25, 0.3) is 44.2 Å². The molecule has 0 unspecified atom stereocenters. The van der Waals surface area contributed by atoms with E-state index in [1.54, 1.807) is 6.07 Å². The third-order valence-electron chi connectivity index (χ3n) is 6.57. The van der Waals surface area contributed by atoms with Crippen LogP contribution in [0.1, 0.15) is 37.3 Å². The number of pyridine rings is 1. The van der Waals surface area contributed by atoms with Gasteiger partial charge in [0.2, 0.25) is 0 Å². The lowest BCUT2D eigenvalue weighted by atomic mass is 10.1. The number of rotatable bonds is 2. The predicted octanol–water partition coefficient (Wildman–Crippen LogP) is 5.10. The van der Waals surface area contributed by atoms with Crippen molar-refractivity contribution in [1.29, 1.82) is 0 Å². The topological polar surface area (TPSA) is 89.6 Å². The van der Waals surface area contributed by atoms with Gasteiger partial charge in [0.15, 0.2) is 5.82 Å². The first kappa shape index (κ1) is 18.1. The fourth-order valence-electron chi connectivity index (χ4n) is 5.08. The van der Waals surface area contributed by atoms with Crippen molar-refractivity contribution in [2.24, 2.45) is 0 Å². The van der Waals surface area contributed by atoms with Crippen molar-refractivity contribution < 1.29 is 0 Å². The van der Waals surface area contributed by atoms with E-state index in [0.717, 1.165) is 64.0 Å². The Kier molecular flexibility index (Phi) is 3.90. The molecule has 5 aromatic rings. The molecule has 31 heavy (non-hydrogen) atoms. The lowest BCUT2D eigenvalue weighted by Crippen LogP contribution is -2.25. The van der Waals surface area contributed by atoms with Crippen molar-refractivity contribution in [1.82, 2.24) is 19.5 Å². The molecule has 0 atom stereocenters. The largest absolute Gasteiger partial charge is 0.383 e. The molecule has 3 aromatic heterocycles. The van der Waals surface area contributed by atoms with E-state index in [1.807, 2.05) is 29.7 Å². The average Bonchev–Trinajstić information content (AvgIpc) is 3.40. The van der Waals surface area contributed by atoms with E-state index in [1.165, 1.54) is 0 Å². The zero-order valence-corrected chi connectivity index (χ0v) is 17.4. The summed E-state index contributed by atoms with van der Waals surface area (Å²) in [7, 11) is 0. The molecule has 0 aliphatic heterocycles. The minimum atomic E-state index is -0.00645. The van der Waals surface area contributed by atoms with Gasteiger partial charge in [0, 0.05) is 39.5 Å². The Morgan fingerprint density at radius 2 is 1.77 bits per heavy atom. The molecule has 1 aliphatic rings. The molecule has 6 rings (SSSR count). The Morgan fingerprint density at radius 3 is 2.61 bits per heavy atom. The zero-order chi connectivity index (χ0) is 21.1. The molecular formula is C25H23N5O. The highest BCUT2D eigenvalue weighted by atomic mass is 16.1. The minimum Gasteiger partial charge on any atom is -0.383 e. The number of nitrogen functional groups attached to an aromatic ring is 1. The standard InChI is InChI=1S/C25H23N5O/c1-14-12-21(31)30(16-6-2-3-7-16)25-22(14)23(26)28-24(29-25)15-10-11-20-18(13-15)17-8-4-5-9-19(17)27-20/h4-5,8-13,16,27H,2-3,6-7H2,1H3,(H2,26,28,29). The molecule has 0 radical (unpaired) electrons. The molecule has 0 amide bonds. The molecule has 6 heteroatoms. The SMILES string of the molecule is Cc1cc(=O)n(C2CCCC2)c2nc(-c3ccc4[nH]c5ccccc5c4c3)nc(N)c12. The van der Waals surface area contributed by atoms with E-state index in [2.05, 4.69) is 34.2 Å². The van der Waals surface area contributed by atoms with Crippen molar-refractivity contribution in [3.05, 3.63) is 64.4 Å². The van der Waals surface area contributed by atoms with Gasteiger partial charge >= 0.3 is 0 Å².